The quantitative estimate of drug-likeness (QED) is 0.428. The molecule has 0 radical (unpaired) electrons. The number of hydrogen-bond donors (Lipinski definition) is 3. The highest BCUT2D eigenvalue weighted by Gasteiger charge is 2.29. The Kier molecular flexibility index (Phi) is 7.03. The van der Waals surface area contributed by atoms with E-state index in [1.165, 1.54) is 10.4 Å². The second-order valence-electron chi connectivity index (χ2n) is 4.68. The van der Waals surface area contributed by atoms with E-state index in [9.17, 15) is 8.42 Å². The Morgan fingerprint density at radius 1 is 1.52 bits per heavy atom. The SMILES string of the molecule is C=CCN(CCO)S(=O)(=O)c1c(CNCCC)n[nH]c1C. The van der Waals surface area contributed by atoms with Gasteiger partial charge in [0.25, 0.3) is 0 Å². The van der Waals surface area contributed by atoms with Crippen LogP contribution in [0.1, 0.15) is 24.7 Å². The van der Waals surface area contributed by atoms with Gasteiger partial charge < -0.3 is 10.4 Å². The van der Waals surface area contributed by atoms with E-state index in [0.717, 1.165) is 13.0 Å². The molecule has 0 aromatic carbocycles. The Hall–Kier alpha value is -1.22. The molecule has 7 nitrogen and oxygen atoms in total. The summed E-state index contributed by atoms with van der Waals surface area (Å²) in [6, 6.07) is 0. The lowest BCUT2D eigenvalue weighted by Crippen LogP contribution is -2.34. The van der Waals surface area contributed by atoms with Crippen LogP contribution in [0.25, 0.3) is 0 Å². The van der Waals surface area contributed by atoms with Gasteiger partial charge in [-0.05, 0) is 19.9 Å². The number of rotatable bonds is 10. The first-order chi connectivity index (χ1) is 9.98. The Morgan fingerprint density at radius 3 is 2.81 bits per heavy atom. The molecule has 0 unspecified atom stereocenters. The Morgan fingerprint density at radius 2 is 2.24 bits per heavy atom. The number of aliphatic hydroxyl groups is 1. The number of aryl methyl sites for hydroxylation is 1. The summed E-state index contributed by atoms with van der Waals surface area (Å²) < 4.78 is 26.6. The second kappa shape index (κ2) is 8.28. The predicted molar refractivity (Wildman–Crippen MR) is 81.4 cm³/mol. The van der Waals surface area contributed by atoms with Crippen LogP contribution in [0, 0.1) is 6.92 Å². The minimum Gasteiger partial charge on any atom is -0.395 e. The third-order valence-electron chi connectivity index (χ3n) is 2.96. The lowest BCUT2D eigenvalue weighted by atomic mass is 10.3. The monoisotopic (exact) mass is 316 g/mol. The fourth-order valence-electron chi connectivity index (χ4n) is 2.01. The van der Waals surface area contributed by atoms with Gasteiger partial charge in [-0.1, -0.05) is 13.0 Å². The van der Waals surface area contributed by atoms with Crippen LogP contribution in [-0.2, 0) is 16.6 Å². The van der Waals surface area contributed by atoms with Crippen LogP contribution in [0.3, 0.4) is 0 Å². The van der Waals surface area contributed by atoms with Gasteiger partial charge in [-0.25, -0.2) is 8.42 Å². The average molecular weight is 316 g/mol. The maximum Gasteiger partial charge on any atom is 0.247 e. The molecule has 0 saturated carbocycles. The number of H-pyrrole nitrogens is 1. The molecule has 8 heteroatoms. The van der Waals surface area contributed by atoms with Crippen LogP contribution in [0.15, 0.2) is 17.6 Å². The maximum atomic E-state index is 12.7. The van der Waals surface area contributed by atoms with Crippen LogP contribution >= 0.6 is 0 Å². The molecular weight excluding hydrogens is 292 g/mol. The number of nitrogens with one attached hydrogen (secondary N) is 2. The molecule has 3 N–H and O–H groups in total. The normalized spacial score (nSPS) is 12.0. The van der Waals surface area contributed by atoms with Crippen molar-refractivity contribution in [3.05, 3.63) is 24.0 Å². The van der Waals surface area contributed by atoms with Crippen molar-refractivity contribution in [2.45, 2.75) is 31.7 Å². The van der Waals surface area contributed by atoms with Crippen molar-refractivity contribution in [3.8, 4) is 0 Å². The van der Waals surface area contributed by atoms with Crippen LogP contribution in [0.5, 0.6) is 0 Å². The largest absolute Gasteiger partial charge is 0.395 e. The number of nitrogens with zero attached hydrogens (tertiary/aromatic N) is 2. The smallest absolute Gasteiger partial charge is 0.247 e. The molecule has 0 atom stereocenters. The molecule has 0 spiro atoms. The summed E-state index contributed by atoms with van der Waals surface area (Å²) in [4.78, 5) is 0.182. The summed E-state index contributed by atoms with van der Waals surface area (Å²) in [6.07, 6.45) is 2.45. The number of aromatic nitrogens is 2. The highest BCUT2D eigenvalue weighted by molar-refractivity contribution is 7.89. The molecular formula is C13H24N4O3S. The van der Waals surface area contributed by atoms with Gasteiger partial charge in [0.1, 0.15) is 4.90 Å². The van der Waals surface area contributed by atoms with Crippen LogP contribution in [-0.4, -0.2) is 54.3 Å². The van der Waals surface area contributed by atoms with Crippen molar-refractivity contribution in [2.24, 2.45) is 0 Å². The van der Waals surface area contributed by atoms with E-state index in [1.807, 2.05) is 6.92 Å². The first-order valence-corrected chi connectivity index (χ1v) is 8.39. The summed E-state index contributed by atoms with van der Waals surface area (Å²) >= 11 is 0. The van der Waals surface area contributed by atoms with E-state index in [4.69, 9.17) is 5.11 Å². The first-order valence-electron chi connectivity index (χ1n) is 6.95. The molecule has 1 aromatic heterocycles. The molecule has 0 aliphatic carbocycles. The summed E-state index contributed by atoms with van der Waals surface area (Å²) in [5.74, 6) is 0. The average Bonchev–Trinajstić information content (AvgIpc) is 2.80. The third kappa shape index (κ3) is 4.37. The summed E-state index contributed by atoms with van der Waals surface area (Å²) in [7, 11) is -3.71. The number of aliphatic hydroxyl groups excluding tert-OH is 1. The van der Waals surface area contributed by atoms with Gasteiger partial charge in [-0.15, -0.1) is 6.58 Å². The van der Waals surface area contributed by atoms with E-state index in [0.29, 0.717) is 17.9 Å². The fourth-order valence-corrected chi connectivity index (χ4v) is 3.74. The van der Waals surface area contributed by atoms with Crippen molar-refractivity contribution < 1.29 is 13.5 Å². The lowest BCUT2D eigenvalue weighted by molar-refractivity contribution is 0.260. The summed E-state index contributed by atoms with van der Waals surface area (Å²) in [6.45, 7) is 8.38. The van der Waals surface area contributed by atoms with Crippen LogP contribution < -0.4 is 5.32 Å². The molecule has 0 aliphatic rings. The lowest BCUT2D eigenvalue weighted by Gasteiger charge is -2.20. The van der Waals surface area contributed by atoms with E-state index in [2.05, 4.69) is 22.1 Å². The van der Waals surface area contributed by atoms with Gasteiger partial charge in [-0.3, -0.25) is 5.10 Å². The zero-order valence-corrected chi connectivity index (χ0v) is 13.4. The van der Waals surface area contributed by atoms with Crippen LogP contribution in [0.2, 0.25) is 0 Å². The zero-order chi connectivity index (χ0) is 15.9. The highest BCUT2D eigenvalue weighted by Crippen LogP contribution is 2.22. The van der Waals surface area contributed by atoms with Crippen molar-refractivity contribution in [1.82, 2.24) is 19.8 Å². The highest BCUT2D eigenvalue weighted by atomic mass is 32.2. The molecule has 1 heterocycles. The summed E-state index contributed by atoms with van der Waals surface area (Å²) in [5, 5.41) is 19.0. The van der Waals surface area contributed by atoms with Gasteiger partial charge in [0, 0.05) is 19.6 Å². The molecule has 0 amide bonds. The number of sulfonamides is 1. The molecule has 0 aliphatic heterocycles. The van der Waals surface area contributed by atoms with Gasteiger partial charge in [0.2, 0.25) is 10.0 Å². The first kappa shape index (κ1) is 17.8. The molecule has 120 valence electrons. The van der Waals surface area contributed by atoms with E-state index in [-0.39, 0.29) is 24.6 Å². The van der Waals surface area contributed by atoms with E-state index < -0.39 is 10.0 Å². The Balaban J connectivity index is 3.10. The minimum atomic E-state index is -3.71. The van der Waals surface area contributed by atoms with E-state index in [1.54, 1.807) is 6.92 Å². The minimum absolute atomic E-state index is 0.0286. The predicted octanol–water partition coefficient (Wildman–Crippen LogP) is 0.387. The van der Waals surface area contributed by atoms with Crippen molar-refractivity contribution in [3.63, 3.8) is 0 Å². The van der Waals surface area contributed by atoms with Gasteiger partial charge in [-0.2, -0.15) is 9.40 Å². The van der Waals surface area contributed by atoms with Crippen molar-refractivity contribution in [2.75, 3.05) is 26.2 Å². The van der Waals surface area contributed by atoms with Gasteiger partial charge in [0.05, 0.1) is 18.0 Å². The molecule has 0 bridgehead atoms. The molecule has 21 heavy (non-hydrogen) atoms. The van der Waals surface area contributed by atoms with E-state index >= 15 is 0 Å². The molecule has 0 fully saturated rings. The standard InChI is InChI=1S/C13H24N4O3S/c1-4-6-14-10-12-13(11(3)15-16-12)21(19,20)17(7-5-2)8-9-18/h5,14,18H,2,4,6-10H2,1,3H3,(H,15,16). The number of hydrogen-bond acceptors (Lipinski definition) is 5. The van der Waals surface area contributed by atoms with Crippen LogP contribution in [0.4, 0.5) is 0 Å². The third-order valence-corrected chi connectivity index (χ3v) is 5.03. The number of aromatic amines is 1. The van der Waals surface area contributed by atoms with Gasteiger partial charge >= 0.3 is 0 Å². The summed E-state index contributed by atoms with van der Waals surface area (Å²) in [5.41, 5.74) is 0.961. The molecule has 0 saturated heterocycles. The topological polar surface area (TPSA) is 98.3 Å². The van der Waals surface area contributed by atoms with Gasteiger partial charge in [0.15, 0.2) is 0 Å². The maximum absolute atomic E-state index is 12.7. The second-order valence-corrected chi connectivity index (χ2v) is 6.55. The fraction of sp³-hybridized carbons (Fsp3) is 0.615. The van der Waals surface area contributed by atoms with Crippen molar-refractivity contribution >= 4 is 10.0 Å². The Bertz CT molecular complexity index is 554. The van der Waals surface area contributed by atoms with Crippen molar-refractivity contribution in [1.29, 1.82) is 0 Å². The molecule has 1 aromatic rings. The Labute approximate surface area is 126 Å². The zero-order valence-electron chi connectivity index (χ0n) is 12.6. The molecule has 1 rings (SSSR count).